The number of nitrogens with zero attached hydrogens (tertiary/aromatic N) is 1. The summed E-state index contributed by atoms with van der Waals surface area (Å²) >= 11 is 0. The summed E-state index contributed by atoms with van der Waals surface area (Å²) in [6.45, 7) is 2.61. The van der Waals surface area contributed by atoms with Gasteiger partial charge >= 0.3 is 5.97 Å². The Morgan fingerprint density at radius 2 is 2.24 bits per heavy atom. The van der Waals surface area contributed by atoms with Crippen LogP contribution >= 0.6 is 0 Å². The van der Waals surface area contributed by atoms with Gasteiger partial charge in [-0.15, -0.1) is 0 Å². The van der Waals surface area contributed by atoms with E-state index in [1.165, 1.54) is 19.4 Å². The number of esters is 1. The number of aromatic nitrogens is 1. The van der Waals surface area contributed by atoms with Crippen molar-refractivity contribution in [1.29, 1.82) is 0 Å². The molecule has 0 aliphatic rings. The van der Waals surface area contributed by atoms with E-state index in [9.17, 15) is 9.59 Å². The molecule has 0 radical (unpaired) electrons. The van der Waals surface area contributed by atoms with E-state index in [1.807, 2.05) is 6.92 Å². The normalized spacial score (nSPS) is 9.76. The highest BCUT2D eigenvalue weighted by atomic mass is 16.5. The maximum absolute atomic E-state index is 11.8. The number of rotatable bonds is 5. The number of amides is 1. The molecule has 1 heterocycles. The highest BCUT2D eigenvalue weighted by molar-refractivity contribution is 6.03. The van der Waals surface area contributed by atoms with Gasteiger partial charge in [-0.25, -0.2) is 4.79 Å². The van der Waals surface area contributed by atoms with Crippen molar-refractivity contribution in [2.75, 3.05) is 13.7 Å². The Kier molecular flexibility index (Phi) is 5.13. The first-order chi connectivity index (χ1) is 8.20. The zero-order chi connectivity index (χ0) is 12.7. The minimum absolute atomic E-state index is 0.107. The quantitative estimate of drug-likeness (QED) is 0.619. The van der Waals surface area contributed by atoms with Gasteiger partial charge in [0.05, 0.1) is 12.7 Å². The van der Waals surface area contributed by atoms with Gasteiger partial charge < -0.3 is 10.1 Å². The Bertz CT molecular complexity index is 404. The Hall–Kier alpha value is -1.91. The molecule has 17 heavy (non-hydrogen) atoms. The van der Waals surface area contributed by atoms with Gasteiger partial charge in [0.25, 0.3) is 5.91 Å². The van der Waals surface area contributed by atoms with E-state index in [0.717, 1.165) is 12.8 Å². The van der Waals surface area contributed by atoms with Crippen LogP contribution in [0.2, 0.25) is 0 Å². The molecule has 0 aromatic carbocycles. The van der Waals surface area contributed by atoms with Crippen LogP contribution in [-0.4, -0.2) is 30.5 Å². The first-order valence-corrected chi connectivity index (χ1v) is 5.52. The van der Waals surface area contributed by atoms with Crippen LogP contribution in [0, 0.1) is 0 Å². The molecule has 1 aromatic rings. The molecule has 1 aromatic heterocycles. The molecule has 0 atom stereocenters. The number of unbranched alkanes of at least 4 members (excludes halogenated alkanes) is 1. The van der Waals surface area contributed by atoms with E-state index in [1.54, 1.807) is 6.07 Å². The molecule has 0 aliphatic carbocycles. The van der Waals surface area contributed by atoms with Crippen molar-refractivity contribution in [2.24, 2.45) is 0 Å². The van der Waals surface area contributed by atoms with Gasteiger partial charge in [-0.05, 0) is 18.6 Å². The summed E-state index contributed by atoms with van der Waals surface area (Å²) in [6, 6.07) is 3.11. The molecular weight excluding hydrogens is 220 g/mol. The fourth-order valence-corrected chi connectivity index (χ4v) is 1.32. The Labute approximate surface area is 100 Å². The van der Waals surface area contributed by atoms with Crippen LogP contribution in [0.3, 0.4) is 0 Å². The zero-order valence-electron chi connectivity index (χ0n) is 10.0. The maximum atomic E-state index is 11.8. The SMILES string of the molecule is CCCCNC(=O)c1ncccc1C(=O)OC. The zero-order valence-corrected chi connectivity index (χ0v) is 10.0. The smallest absolute Gasteiger partial charge is 0.340 e. The Morgan fingerprint density at radius 1 is 1.47 bits per heavy atom. The van der Waals surface area contributed by atoms with Crippen molar-refractivity contribution >= 4 is 11.9 Å². The van der Waals surface area contributed by atoms with Crippen LogP contribution in [0.15, 0.2) is 18.3 Å². The van der Waals surface area contributed by atoms with E-state index in [4.69, 9.17) is 0 Å². The van der Waals surface area contributed by atoms with E-state index in [0.29, 0.717) is 6.54 Å². The molecule has 1 N–H and O–H groups in total. The van der Waals surface area contributed by atoms with E-state index >= 15 is 0 Å². The van der Waals surface area contributed by atoms with Gasteiger partial charge in [-0.3, -0.25) is 9.78 Å². The van der Waals surface area contributed by atoms with Crippen LogP contribution in [-0.2, 0) is 4.74 Å². The molecule has 0 fully saturated rings. The molecule has 92 valence electrons. The second-order valence-corrected chi connectivity index (χ2v) is 3.50. The largest absolute Gasteiger partial charge is 0.465 e. The number of hydrogen-bond donors (Lipinski definition) is 1. The predicted molar refractivity (Wildman–Crippen MR) is 62.8 cm³/mol. The van der Waals surface area contributed by atoms with E-state index in [-0.39, 0.29) is 17.2 Å². The molecule has 1 rings (SSSR count). The van der Waals surface area contributed by atoms with Crippen molar-refractivity contribution in [3.05, 3.63) is 29.6 Å². The van der Waals surface area contributed by atoms with Gasteiger partial charge in [-0.2, -0.15) is 0 Å². The average Bonchev–Trinajstić information content (AvgIpc) is 2.38. The summed E-state index contributed by atoms with van der Waals surface area (Å²) in [6.07, 6.45) is 3.36. The van der Waals surface area contributed by atoms with Crippen LogP contribution in [0.4, 0.5) is 0 Å². The van der Waals surface area contributed by atoms with Crippen molar-refractivity contribution in [1.82, 2.24) is 10.3 Å². The first-order valence-electron chi connectivity index (χ1n) is 5.52. The van der Waals surface area contributed by atoms with Crippen molar-refractivity contribution in [3.63, 3.8) is 0 Å². The fraction of sp³-hybridized carbons (Fsp3) is 0.417. The average molecular weight is 236 g/mol. The summed E-state index contributed by atoms with van der Waals surface area (Å²) in [5.41, 5.74) is 0.291. The molecule has 5 nitrogen and oxygen atoms in total. The number of nitrogens with one attached hydrogen (secondary N) is 1. The van der Waals surface area contributed by atoms with Crippen LogP contribution < -0.4 is 5.32 Å². The second-order valence-electron chi connectivity index (χ2n) is 3.50. The lowest BCUT2D eigenvalue weighted by Crippen LogP contribution is -2.27. The number of pyridine rings is 1. The fourth-order valence-electron chi connectivity index (χ4n) is 1.32. The molecular formula is C12H16N2O3. The number of carbonyl (C=O) groups excluding carboxylic acids is 2. The van der Waals surface area contributed by atoms with Crippen LogP contribution in [0.5, 0.6) is 0 Å². The third kappa shape index (κ3) is 3.55. The standard InChI is InChI=1S/C12H16N2O3/c1-3-4-7-14-11(15)10-9(12(16)17-2)6-5-8-13-10/h5-6,8H,3-4,7H2,1-2H3,(H,14,15). The van der Waals surface area contributed by atoms with E-state index < -0.39 is 5.97 Å². The maximum Gasteiger partial charge on any atom is 0.340 e. The number of carbonyl (C=O) groups is 2. The lowest BCUT2D eigenvalue weighted by atomic mass is 10.2. The predicted octanol–water partition coefficient (Wildman–Crippen LogP) is 1.40. The monoisotopic (exact) mass is 236 g/mol. The molecule has 0 saturated carbocycles. The molecule has 0 bridgehead atoms. The highest BCUT2D eigenvalue weighted by Gasteiger charge is 2.17. The van der Waals surface area contributed by atoms with Crippen molar-refractivity contribution < 1.29 is 14.3 Å². The molecule has 5 heteroatoms. The molecule has 0 spiro atoms. The van der Waals surface area contributed by atoms with Gasteiger partial charge in [0.1, 0.15) is 5.69 Å². The van der Waals surface area contributed by atoms with Gasteiger partial charge in [0.15, 0.2) is 0 Å². The number of ether oxygens (including phenoxy) is 1. The lowest BCUT2D eigenvalue weighted by Gasteiger charge is -2.07. The van der Waals surface area contributed by atoms with Crippen molar-refractivity contribution in [3.8, 4) is 0 Å². The first kappa shape index (κ1) is 13.2. The molecule has 0 aliphatic heterocycles. The summed E-state index contributed by atoms with van der Waals surface area (Å²) in [5, 5.41) is 2.71. The highest BCUT2D eigenvalue weighted by Crippen LogP contribution is 2.06. The molecule has 1 amide bonds. The van der Waals surface area contributed by atoms with Crippen LogP contribution in [0.25, 0.3) is 0 Å². The number of methoxy groups -OCH3 is 1. The lowest BCUT2D eigenvalue weighted by molar-refractivity contribution is 0.0595. The van der Waals surface area contributed by atoms with Gasteiger partial charge in [0.2, 0.25) is 0 Å². The summed E-state index contributed by atoms with van der Waals surface area (Å²) in [7, 11) is 1.27. The van der Waals surface area contributed by atoms with Gasteiger partial charge in [-0.1, -0.05) is 13.3 Å². The minimum atomic E-state index is -0.557. The second kappa shape index (κ2) is 6.62. The van der Waals surface area contributed by atoms with Crippen LogP contribution in [0.1, 0.15) is 40.6 Å². The molecule has 0 unspecified atom stereocenters. The topological polar surface area (TPSA) is 68.3 Å². The molecule has 0 saturated heterocycles. The van der Waals surface area contributed by atoms with E-state index in [2.05, 4.69) is 15.0 Å². The number of hydrogen-bond acceptors (Lipinski definition) is 4. The summed E-state index contributed by atoms with van der Waals surface area (Å²) in [4.78, 5) is 27.1. The Morgan fingerprint density at radius 3 is 2.88 bits per heavy atom. The third-order valence-corrected chi connectivity index (χ3v) is 2.24. The summed E-state index contributed by atoms with van der Waals surface area (Å²) in [5.74, 6) is -0.904. The summed E-state index contributed by atoms with van der Waals surface area (Å²) < 4.78 is 4.59. The Balaban J connectivity index is 2.82. The third-order valence-electron chi connectivity index (χ3n) is 2.24. The van der Waals surface area contributed by atoms with Gasteiger partial charge in [0, 0.05) is 12.7 Å². The van der Waals surface area contributed by atoms with Crippen molar-refractivity contribution in [2.45, 2.75) is 19.8 Å². The minimum Gasteiger partial charge on any atom is -0.465 e.